The van der Waals surface area contributed by atoms with Gasteiger partial charge in [0.15, 0.2) is 0 Å². The van der Waals surface area contributed by atoms with Crippen molar-refractivity contribution >= 4 is 5.97 Å². The molecule has 2 nitrogen and oxygen atoms in total. The van der Waals surface area contributed by atoms with E-state index in [1.165, 1.54) is 13.0 Å². The summed E-state index contributed by atoms with van der Waals surface area (Å²) in [5, 5.41) is 0. The molecule has 0 aromatic heterocycles. The Bertz CT molecular complexity index is 137. The molecule has 2 heteroatoms. The maximum atomic E-state index is 9.93. The summed E-state index contributed by atoms with van der Waals surface area (Å²) in [6.45, 7) is 12.8. The highest BCUT2D eigenvalue weighted by molar-refractivity contribution is 5.65. The van der Waals surface area contributed by atoms with Crippen LogP contribution in [0, 0.1) is 5.92 Å². The van der Waals surface area contributed by atoms with E-state index in [-0.39, 0.29) is 5.97 Å². The van der Waals surface area contributed by atoms with Crippen LogP contribution in [-0.4, -0.2) is 12.6 Å². The molecule has 0 N–H and O–H groups in total. The van der Waals surface area contributed by atoms with Gasteiger partial charge in [-0.2, -0.15) is 0 Å². The number of allylic oxidation sites excluding steroid dienone is 1. The van der Waals surface area contributed by atoms with Gasteiger partial charge in [-0.3, -0.25) is 4.79 Å². The second kappa shape index (κ2) is 9.95. The molecule has 0 saturated heterocycles. The lowest BCUT2D eigenvalue weighted by molar-refractivity contribution is -0.139. The van der Waals surface area contributed by atoms with Crippen molar-refractivity contribution < 1.29 is 9.53 Å². The Balaban J connectivity index is 0. The minimum atomic E-state index is -0.264. The Morgan fingerprint density at radius 3 is 2.00 bits per heavy atom. The molecule has 0 unspecified atom stereocenters. The molecule has 0 atom stereocenters. The van der Waals surface area contributed by atoms with Crippen molar-refractivity contribution in [2.24, 2.45) is 5.92 Å². The zero-order valence-corrected chi connectivity index (χ0v) is 8.17. The molecule has 0 aliphatic rings. The van der Waals surface area contributed by atoms with Crippen LogP contribution in [0.2, 0.25) is 0 Å². The summed E-state index contributed by atoms with van der Waals surface area (Å²) < 4.78 is 4.43. The standard InChI is InChI=1S/C5H8O2.C5H10/c1-3-4-7-5(2)6;1-4-5(2)3/h3H,1,4H2,2H3;4-5H,1H2,2-3H3. The molecule has 0 bridgehead atoms. The zero-order valence-electron chi connectivity index (χ0n) is 8.17. The molecule has 0 heterocycles. The van der Waals surface area contributed by atoms with Crippen LogP contribution in [-0.2, 0) is 9.53 Å². The van der Waals surface area contributed by atoms with E-state index in [9.17, 15) is 4.79 Å². The van der Waals surface area contributed by atoms with Crippen LogP contribution in [0.5, 0.6) is 0 Å². The fourth-order valence-corrected chi connectivity index (χ4v) is 0.176. The number of ether oxygens (including phenoxy) is 1. The quantitative estimate of drug-likeness (QED) is 0.480. The third-order valence-corrected chi connectivity index (χ3v) is 0.876. The Hall–Kier alpha value is -1.05. The van der Waals surface area contributed by atoms with E-state index in [1.54, 1.807) is 0 Å². The summed E-state index contributed by atoms with van der Waals surface area (Å²) >= 11 is 0. The van der Waals surface area contributed by atoms with Crippen molar-refractivity contribution in [2.75, 3.05) is 6.61 Å². The molecule has 0 rings (SSSR count). The molecule has 12 heavy (non-hydrogen) atoms. The number of carbonyl (C=O) groups excluding carboxylic acids is 1. The van der Waals surface area contributed by atoms with Crippen molar-refractivity contribution in [3.05, 3.63) is 25.3 Å². The van der Waals surface area contributed by atoms with Gasteiger partial charge in [-0.05, 0) is 5.92 Å². The first-order valence-electron chi connectivity index (χ1n) is 3.91. The second-order valence-corrected chi connectivity index (χ2v) is 2.57. The summed E-state index contributed by atoms with van der Waals surface area (Å²) in [4.78, 5) is 9.93. The van der Waals surface area contributed by atoms with Crippen molar-refractivity contribution in [1.82, 2.24) is 0 Å². The maximum Gasteiger partial charge on any atom is 0.302 e. The Kier molecular flexibility index (Phi) is 11.2. The first-order chi connectivity index (χ1) is 5.54. The molecule has 70 valence electrons. The van der Waals surface area contributed by atoms with E-state index in [0.717, 1.165) is 0 Å². The van der Waals surface area contributed by atoms with E-state index in [2.05, 4.69) is 31.7 Å². The van der Waals surface area contributed by atoms with Crippen LogP contribution in [0.25, 0.3) is 0 Å². The number of carbonyl (C=O) groups is 1. The molecule has 0 aromatic rings. The van der Waals surface area contributed by atoms with E-state index in [1.807, 2.05) is 6.08 Å². The molecule has 0 fully saturated rings. The van der Waals surface area contributed by atoms with Gasteiger partial charge >= 0.3 is 5.97 Å². The lowest BCUT2D eigenvalue weighted by atomic mass is 10.2. The van der Waals surface area contributed by atoms with Crippen LogP contribution >= 0.6 is 0 Å². The molecule has 0 aromatic carbocycles. The summed E-state index contributed by atoms with van der Waals surface area (Å²) in [7, 11) is 0. The van der Waals surface area contributed by atoms with E-state index in [0.29, 0.717) is 12.5 Å². The molecular formula is C10H18O2. The van der Waals surface area contributed by atoms with Crippen molar-refractivity contribution in [2.45, 2.75) is 20.8 Å². The van der Waals surface area contributed by atoms with Crippen molar-refractivity contribution in [1.29, 1.82) is 0 Å². The highest BCUT2D eigenvalue weighted by atomic mass is 16.5. The molecule has 0 radical (unpaired) electrons. The maximum absolute atomic E-state index is 9.93. The monoisotopic (exact) mass is 170 g/mol. The van der Waals surface area contributed by atoms with Crippen LogP contribution in [0.15, 0.2) is 25.3 Å². The largest absolute Gasteiger partial charge is 0.462 e. The van der Waals surface area contributed by atoms with E-state index < -0.39 is 0 Å². The third kappa shape index (κ3) is 23.1. The minimum absolute atomic E-state index is 0.264. The molecule has 0 aliphatic heterocycles. The van der Waals surface area contributed by atoms with E-state index >= 15 is 0 Å². The van der Waals surface area contributed by atoms with Gasteiger partial charge in [0, 0.05) is 6.92 Å². The average Bonchev–Trinajstić information content (AvgIpc) is 2.02. The summed E-state index contributed by atoms with van der Waals surface area (Å²) in [6.07, 6.45) is 3.45. The van der Waals surface area contributed by atoms with Gasteiger partial charge in [-0.25, -0.2) is 0 Å². The summed E-state index contributed by atoms with van der Waals surface area (Å²) in [6, 6.07) is 0. The molecule has 0 amide bonds. The first kappa shape index (κ1) is 13.5. The van der Waals surface area contributed by atoms with Gasteiger partial charge < -0.3 is 4.74 Å². The highest BCUT2D eigenvalue weighted by Gasteiger charge is 1.83. The fourth-order valence-electron chi connectivity index (χ4n) is 0.176. The van der Waals surface area contributed by atoms with Crippen LogP contribution in [0.3, 0.4) is 0 Å². The molecule has 0 spiro atoms. The van der Waals surface area contributed by atoms with Crippen molar-refractivity contribution in [3.63, 3.8) is 0 Å². The van der Waals surface area contributed by atoms with Crippen molar-refractivity contribution in [3.8, 4) is 0 Å². The topological polar surface area (TPSA) is 26.3 Å². The molecular weight excluding hydrogens is 152 g/mol. The van der Waals surface area contributed by atoms with Crippen LogP contribution in [0.1, 0.15) is 20.8 Å². The van der Waals surface area contributed by atoms with Gasteiger partial charge in [0.2, 0.25) is 0 Å². The van der Waals surface area contributed by atoms with Crippen LogP contribution < -0.4 is 0 Å². The number of hydrogen-bond donors (Lipinski definition) is 0. The third-order valence-electron chi connectivity index (χ3n) is 0.876. The highest BCUT2D eigenvalue weighted by Crippen LogP contribution is 1.87. The fraction of sp³-hybridized carbons (Fsp3) is 0.500. The predicted octanol–water partition coefficient (Wildman–Crippen LogP) is 2.56. The number of hydrogen-bond acceptors (Lipinski definition) is 2. The Morgan fingerprint density at radius 1 is 1.50 bits per heavy atom. The smallest absolute Gasteiger partial charge is 0.302 e. The first-order valence-corrected chi connectivity index (χ1v) is 3.91. The lowest BCUT2D eigenvalue weighted by Crippen LogP contribution is -1.96. The van der Waals surface area contributed by atoms with Gasteiger partial charge in [0.25, 0.3) is 0 Å². The normalized spacial score (nSPS) is 8.00. The van der Waals surface area contributed by atoms with Crippen LogP contribution in [0.4, 0.5) is 0 Å². The number of rotatable bonds is 3. The average molecular weight is 170 g/mol. The lowest BCUT2D eigenvalue weighted by Gasteiger charge is -1.90. The molecule has 0 aliphatic carbocycles. The molecule has 0 saturated carbocycles. The zero-order chi connectivity index (χ0) is 9.98. The number of esters is 1. The Morgan fingerprint density at radius 2 is 1.92 bits per heavy atom. The predicted molar refractivity (Wildman–Crippen MR) is 51.9 cm³/mol. The van der Waals surface area contributed by atoms with Gasteiger partial charge in [-0.1, -0.05) is 32.6 Å². The van der Waals surface area contributed by atoms with Gasteiger partial charge in [0.05, 0.1) is 0 Å². The summed E-state index contributed by atoms with van der Waals surface area (Å²) in [5.41, 5.74) is 0. The van der Waals surface area contributed by atoms with E-state index in [4.69, 9.17) is 0 Å². The van der Waals surface area contributed by atoms with Gasteiger partial charge in [-0.15, -0.1) is 6.58 Å². The summed E-state index contributed by atoms with van der Waals surface area (Å²) in [5.74, 6) is 0.384. The van der Waals surface area contributed by atoms with Gasteiger partial charge in [0.1, 0.15) is 6.61 Å². The Labute approximate surface area is 74.9 Å². The minimum Gasteiger partial charge on any atom is -0.462 e. The SMILES string of the molecule is C=CC(C)C.C=CCOC(C)=O. The second-order valence-electron chi connectivity index (χ2n) is 2.57.